The van der Waals surface area contributed by atoms with Crippen molar-refractivity contribution in [3.8, 4) is 112 Å². The third kappa shape index (κ3) is 19.0. The summed E-state index contributed by atoms with van der Waals surface area (Å²) in [5.74, 6) is 0.128. The second-order valence-corrected chi connectivity index (χ2v) is 26.4. The summed E-state index contributed by atoms with van der Waals surface area (Å²) in [5, 5.41) is 47.5. The topological polar surface area (TPSA) is 211 Å². The molecule has 106 heavy (non-hydrogen) atoms. The average Bonchev–Trinajstić information content (AvgIpc) is 1.24. The van der Waals surface area contributed by atoms with Crippen LogP contribution in [0.15, 0.2) is 297 Å². The number of phenolic OH excluding ortho intramolecular Hbond substituents is 4. The number of nitrogens with one attached hydrogen (secondary N) is 3. The van der Waals surface area contributed by atoms with Gasteiger partial charge < -0.3 is 36.8 Å². The highest BCUT2D eigenvalue weighted by molar-refractivity contribution is 6.04. The van der Waals surface area contributed by atoms with E-state index in [9.17, 15) is 52.8 Å². The SMILES string of the molecule is NC(CCc1cc(-c2ccccc2)ccc1-c1cccc(O)c1)C(F)(F)F.O=C1CC(Cc2cc(-c3ccccc3)ccc2-c2cccc(O)c2)C(=O)N1.O=C1NCC/C1=C\c1cc(-c2ccccc2)ccc1-c1cccc(O)c1.O=C1NCCC1Cc1cc(-c2ccccc2)ccc1-c1cccc(O)c1. The number of rotatable bonds is 16. The van der Waals surface area contributed by atoms with Crippen molar-refractivity contribution < 1.29 is 52.8 Å². The van der Waals surface area contributed by atoms with Gasteiger partial charge in [-0.05, 0) is 210 Å². The normalized spacial score (nSPS) is 15.2. The molecule has 0 bridgehead atoms. The Morgan fingerprint density at radius 3 is 1.14 bits per heavy atom. The van der Waals surface area contributed by atoms with Crippen LogP contribution in [0.3, 0.4) is 0 Å². The molecule has 12 aromatic rings. The predicted octanol–water partition coefficient (Wildman–Crippen LogP) is 18.5. The second-order valence-electron chi connectivity index (χ2n) is 26.4. The number of alkyl halides is 3. The summed E-state index contributed by atoms with van der Waals surface area (Å²) in [6.07, 6.45) is 0.534. The fourth-order valence-electron chi connectivity index (χ4n) is 13.5. The minimum Gasteiger partial charge on any atom is -0.508 e. The van der Waals surface area contributed by atoms with Crippen LogP contribution in [0.5, 0.6) is 23.0 Å². The maximum atomic E-state index is 12.8. The number of nitrogens with two attached hydrogens (primary N) is 1. The maximum Gasteiger partial charge on any atom is 0.403 e. The zero-order valence-corrected chi connectivity index (χ0v) is 58.0. The Bertz CT molecular complexity index is 5130. The van der Waals surface area contributed by atoms with Crippen molar-refractivity contribution in [1.82, 2.24) is 16.0 Å². The van der Waals surface area contributed by atoms with Crippen molar-refractivity contribution in [3.63, 3.8) is 0 Å². The number of halogens is 3. The highest BCUT2D eigenvalue weighted by atomic mass is 19.4. The number of aromatic hydroxyl groups is 4. The Morgan fingerprint density at radius 1 is 0.396 bits per heavy atom. The molecule has 532 valence electrons. The molecule has 15 heteroatoms. The van der Waals surface area contributed by atoms with Crippen LogP contribution in [0.4, 0.5) is 13.2 Å². The molecule has 3 heterocycles. The van der Waals surface area contributed by atoms with Gasteiger partial charge in [0, 0.05) is 31.0 Å². The standard InChI is InChI=1S/C23H19NO3.C23H21NO2.C23H19NO2.C22H20F3NO/c25-20-8-4-7-17(13-20)21-10-9-16(15-5-2-1-3-6-15)11-18(21)12-19-14-22(26)24-23(19)27;2*25-21-8-4-7-18(15-21)22-10-9-17(16-5-2-1-3-6-16)13-20(22)14-19-11-12-24-23(19)26;23-22(24,25)21(26)12-10-18-13-16(15-5-2-1-3-6-15)9-11-20(18)17-7-4-8-19(27)14-17/h1-11,13,19,25H,12,14H2,(H,24,26,27);1-10,13,15,19,25H,11-12,14H2,(H,24,26);1-10,13-15,25H,11-12H2,(H,24,26);1-9,11,13-14,21,27H,10,12,26H2/b;;19-14+;. The summed E-state index contributed by atoms with van der Waals surface area (Å²) in [6.45, 7) is 1.44. The molecule has 4 amide bonds. The van der Waals surface area contributed by atoms with Crippen molar-refractivity contribution in [3.05, 3.63) is 319 Å². The molecule has 3 aliphatic heterocycles. The fourth-order valence-corrected chi connectivity index (χ4v) is 13.5. The van der Waals surface area contributed by atoms with E-state index in [2.05, 4.69) is 82.7 Å². The highest BCUT2D eigenvalue weighted by Crippen LogP contribution is 2.39. The van der Waals surface area contributed by atoms with Gasteiger partial charge in [0.05, 0.1) is 5.92 Å². The molecule has 3 aliphatic rings. The minimum absolute atomic E-state index is 0.00280. The lowest BCUT2D eigenvalue weighted by atomic mass is 9.89. The molecule has 3 saturated heterocycles. The largest absolute Gasteiger partial charge is 0.508 e. The van der Waals surface area contributed by atoms with Crippen LogP contribution >= 0.6 is 0 Å². The Morgan fingerprint density at radius 2 is 0.774 bits per heavy atom. The monoisotopic (exact) mass is 1410 g/mol. The van der Waals surface area contributed by atoms with Gasteiger partial charge in [-0.25, -0.2) is 0 Å². The molecule has 0 spiro atoms. The summed E-state index contributed by atoms with van der Waals surface area (Å²) < 4.78 is 38.4. The number of aryl methyl sites for hydroxylation is 1. The van der Waals surface area contributed by atoms with Crippen LogP contribution in [0.25, 0.3) is 95.1 Å². The summed E-state index contributed by atoms with van der Waals surface area (Å²) in [6, 6.07) is 90.9. The van der Waals surface area contributed by atoms with Crippen molar-refractivity contribution in [1.29, 1.82) is 0 Å². The molecule has 15 rings (SSSR count). The lowest BCUT2D eigenvalue weighted by Gasteiger charge is -2.17. The zero-order chi connectivity index (χ0) is 74.1. The molecule has 12 nitrogen and oxygen atoms in total. The molecule has 0 saturated carbocycles. The third-order valence-corrected chi connectivity index (χ3v) is 19.0. The number of carbonyl (C=O) groups excluding carboxylic acids is 4. The molecule has 12 aromatic carbocycles. The van der Waals surface area contributed by atoms with Crippen LogP contribution in [0.1, 0.15) is 47.9 Å². The van der Waals surface area contributed by atoms with Gasteiger partial charge in [-0.2, -0.15) is 13.2 Å². The maximum absolute atomic E-state index is 12.8. The van der Waals surface area contributed by atoms with E-state index in [-0.39, 0.29) is 77.7 Å². The lowest BCUT2D eigenvalue weighted by Crippen LogP contribution is -2.37. The van der Waals surface area contributed by atoms with Gasteiger partial charge in [-0.15, -0.1) is 0 Å². The molecule has 0 radical (unpaired) electrons. The van der Waals surface area contributed by atoms with Crippen LogP contribution in [-0.4, -0.2) is 69.4 Å². The summed E-state index contributed by atoms with van der Waals surface area (Å²) >= 11 is 0. The van der Waals surface area contributed by atoms with E-state index in [1.54, 1.807) is 60.7 Å². The highest BCUT2D eigenvalue weighted by Gasteiger charge is 2.36. The first-order valence-electron chi connectivity index (χ1n) is 35.2. The third-order valence-electron chi connectivity index (χ3n) is 19.0. The van der Waals surface area contributed by atoms with E-state index in [1.807, 2.05) is 170 Å². The fraction of sp³-hybridized carbons (Fsp3) is 0.143. The van der Waals surface area contributed by atoms with Gasteiger partial charge in [-0.3, -0.25) is 24.5 Å². The molecule has 3 fully saturated rings. The molecule has 0 aliphatic carbocycles. The molecule has 0 aromatic heterocycles. The Labute approximate surface area is 614 Å². The smallest absolute Gasteiger partial charge is 0.403 e. The van der Waals surface area contributed by atoms with Gasteiger partial charge in [0.25, 0.3) is 0 Å². The first kappa shape index (κ1) is 73.2. The van der Waals surface area contributed by atoms with Crippen molar-refractivity contribution in [2.24, 2.45) is 17.6 Å². The van der Waals surface area contributed by atoms with E-state index in [0.29, 0.717) is 19.4 Å². The molecule has 3 unspecified atom stereocenters. The lowest BCUT2D eigenvalue weighted by molar-refractivity contribution is -0.148. The Kier molecular flexibility index (Phi) is 23.6. The number of carbonyl (C=O) groups is 4. The van der Waals surface area contributed by atoms with E-state index in [4.69, 9.17) is 5.73 Å². The van der Waals surface area contributed by atoms with Gasteiger partial charge in [0.1, 0.15) is 29.0 Å². The molecular formula is C91H79F3N4O8. The van der Waals surface area contributed by atoms with Crippen LogP contribution < -0.4 is 21.7 Å². The first-order chi connectivity index (χ1) is 51.3. The van der Waals surface area contributed by atoms with Gasteiger partial charge in [0.15, 0.2) is 0 Å². The van der Waals surface area contributed by atoms with Crippen LogP contribution in [0, 0.1) is 11.8 Å². The first-order valence-corrected chi connectivity index (χ1v) is 35.2. The molecular weight excluding hydrogens is 1330 g/mol. The Hall–Kier alpha value is -12.6. The van der Waals surface area contributed by atoms with Gasteiger partial charge in [0.2, 0.25) is 23.6 Å². The number of amides is 4. The second kappa shape index (κ2) is 34.1. The average molecular weight is 1410 g/mol. The van der Waals surface area contributed by atoms with E-state index in [1.165, 1.54) is 0 Å². The van der Waals surface area contributed by atoms with E-state index in [0.717, 1.165) is 136 Å². The van der Waals surface area contributed by atoms with E-state index >= 15 is 0 Å². The van der Waals surface area contributed by atoms with E-state index < -0.39 is 12.2 Å². The van der Waals surface area contributed by atoms with Crippen molar-refractivity contribution >= 4 is 29.7 Å². The summed E-state index contributed by atoms with van der Waals surface area (Å²) in [4.78, 5) is 47.8. The van der Waals surface area contributed by atoms with Crippen molar-refractivity contribution in [2.45, 2.75) is 57.2 Å². The number of benzene rings is 12. The number of hydrogen-bond acceptors (Lipinski definition) is 9. The minimum atomic E-state index is -4.41. The molecule has 3 atom stereocenters. The molecule has 9 N–H and O–H groups in total. The van der Waals surface area contributed by atoms with Crippen LogP contribution in [-0.2, 0) is 38.4 Å². The number of hydrogen-bond donors (Lipinski definition) is 8. The Balaban J connectivity index is 0.000000132. The number of imide groups is 1. The van der Waals surface area contributed by atoms with Crippen LogP contribution in [0.2, 0.25) is 0 Å². The van der Waals surface area contributed by atoms with Crippen molar-refractivity contribution in [2.75, 3.05) is 13.1 Å². The van der Waals surface area contributed by atoms with Gasteiger partial charge in [-0.1, -0.05) is 237 Å². The number of phenols is 4. The summed E-state index contributed by atoms with van der Waals surface area (Å²) in [5.41, 5.74) is 25.9. The summed E-state index contributed by atoms with van der Waals surface area (Å²) in [7, 11) is 0. The zero-order valence-electron chi connectivity index (χ0n) is 58.0. The van der Waals surface area contributed by atoms with Gasteiger partial charge >= 0.3 is 6.18 Å². The predicted molar refractivity (Wildman–Crippen MR) is 414 cm³/mol. The quantitative estimate of drug-likeness (QED) is 0.0341.